The summed E-state index contributed by atoms with van der Waals surface area (Å²) >= 11 is 0. The van der Waals surface area contributed by atoms with E-state index in [9.17, 15) is 14.7 Å². The van der Waals surface area contributed by atoms with Crippen molar-refractivity contribution in [2.45, 2.75) is 59.4 Å². The zero-order valence-corrected chi connectivity index (χ0v) is 16.8. The first-order valence-corrected chi connectivity index (χ1v) is 9.92. The van der Waals surface area contributed by atoms with E-state index in [4.69, 9.17) is 4.74 Å². The first-order valence-electron chi connectivity index (χ1n) is 9.92. The summed E-state index contributed by atoms with van der Waals surface area (Å²) in [5, 5.41) is 10.4. The number of aliphatic hydroxyl groups excluding tert-OH is 1. The largest absolute Gasteiger partial charge is 0.503 e. The van der Waals surface area contributed by atoms with Gasteiger partial charge < -0.3 is 14.7 Å². The van der Waals surface area contributed by atoms with Crippen LogP contribution in [0, 0.1) is 5.92 Å². The second kappa shape index (κ2) is 9.58. The van der Waals surface area contributed by atoms with E-state index < -0.39 is 17.7 Å². The van der Waals surface area contributed by atoms with Gasteiger partial charge in [-0.15, -0.1) is 0 Å². The molecule has 0 spiro atoms. The second-order valence-electron chi connectivity index (χ2n) is 7.10. The molecule has 1 aromatic rings. The van der Waals surface area contributed by atoms with Crippen molar-refractivity contribution in [3.05, 3.63) is 41.2 Å². The topological polar surface area (TPSA) is 66.8 Å². The van der Waals surface area contributed by atoms with E-state index in [0.717, 1.165) is 37.0 Å². The lowest BCUT2D eigenvalue weighted by atomic mass is 9.94. The smallest absolute Gasteiger partial charge is 0.290 e. The van der Waals surface area contributed by atoms with Gasteiger partial charge in [0.2, 0.25) is 0 Å². The summed E-state index contributed by atoms with van der Waals surface area (Å²) in [5.74, 6) is -0.0492. The van der Waals surface area contributed by atoms with Gasteiger partial charge in [-0.2, -0.15) is 0 Å². The molecule has 1 amide bonds. The minimum Gasteiger partial charge on any atom is -0.503 e. The van der Waals surface area contributed by atoms with Gasteiger partial charge in [-0.05, 0) is 43.9 Å². The maximum Gasteiger partial charge on any atom is 0.290 e. The van der Waals surface area contributed by atoms with Crippen LogP contribution in [0.25, 0.3) is 0 Å². The van der Waals surface area contributed by atoms with E-state index in [1.807, 2.05) is 31.2 Å². The van der Waals surface area contributed by atoms with Crippen molar-refractivity contribution in [2.75, 3.05) is 13.2 Å². The van der Waals surface area contributed by atoms with Crippen LogP contribution in [0.2, 0.25) is 0 Å². The number of unbranched alkanes of at least 4 members (excludes halogenated alkanes) is 1. The molecule has 148 valence electrons. The molecule has 2 rings (SSSR count). The van der Waals surface area contributed by atoms with Gasteiger partial charge in [0.1, 0.15) is 5.75 Å². The summed E-state index contributed by atoms with van der Waals surface area (Å²) in [4.78, 5) is 26.6. The Bertz CT molecular complexity index is 693. The van der Waals surface area contributed by atoms with Crippen LogP contribution >= 0.6 is 0 Å². The second-order valence-corrected chi connectivity index (χ2v) is 7.10. The Labute approximate surface area is 162 Å². The summed E-state index contributed by atoms with van der Waals surface area (Å²) in [7, 11) is 0. The van der Waals surface area contributed by atoms with Gasteiger partial charge in [0.05, 0.1) is 18.2 Å². The van der Waals surface area contributed by atoms with Gasteiger partial charge in [-0.1, -0.05) is 45.2 Å². The first-order chi connectivity index (χ1) is 12.9. The van der Waals surface area contributed by atoms with Crippen LogP contribution in [0.4, 0.5) is 0 Å². The maximum atomic E-state index is 12.7. The van der Waals surface area contributed by atoms with Gasteiger partial charge in [0, 0.05) is 6.54 Å². The molecule has 0 fully saturated rings. The molecule has 0 aliphatic carbocycles. The number of Topliss-reactive ketones (excluding diaryl/α,β-unsaturated/α-hetero) is 1. The van der Waals surface area contributed by atoms with Crippen molar-refractivity contribution in [3.8, 4) is 5.75 Å². The van der Waals surface area contributed by atoms with Crippen molar-refractivity contribution < 1.29 is 19.4 Å². The summed E-state index contributed by atoms with van der Waals surface area (Å²) in [6, 6.07) is 6.86. The molecule has 0 saturated heterocycles. The fraction of sp³-hybridized carbons (Fsp3) is 0.545. The standard InChI is InChI=1S/C22H31NO4/c1-5-8-9-16(6-2)14-23-20(19(15(4)24)21(25)22(23)26)17-10-12-18(13-11-17)27-7-3/h10-13,16,20,25H,5-9,14H2,1-4H3. The molecule has 5 nitrogen and oxygen atoms in total. The Balaban J connectivity index is 2.36. The molecule has 2 unspecified atom stereocenters. The van der Waals surface area contributed by atoms with E-state index >= 15 is 0 Å². The maximum absolute atomic E-state index is 12.7. The number of ether oxygens (including phenoxy) is 1. The molecule has 1 aliphatic rings. The number of aliphatic hydroxyl groups is 1. The lowest BCUT2D eigenvalue weighted by molar-refractivity contribution is -0.130. The summed E-state index contributed by atoms with van der Waals surface area (Å²) < 4.78 is 5.48. The number of hydrogen-bond acceptors (Lipinski definition) is 4. The SMILES string of the molecule is CCCCC(CC)CN1C(=O)C(O)=C(C(C)=O)C1c1ccc(OCC)cc1. The van der Waals surface area contributed by atoms with Gasteiger partial charge in [0.15, 0.2) is 11.5 Å². The van der Waals surface area contributed by atoms with Crippen molar-refractivity contribution >= 4 is 11.7 Å². The van der Waals surface area contributed by atoms with E-state index in [1.165, 1.54) is 6.92 Å². The van der Waals surface area contributed by atoms with Gasteiger partial charge in [-0.3, -0.25) is 9.59 Å². The number of carbonyl (C=O) groups excluding carboxylic acids is 2. The summed E-state index contributed by atoms with van der Waals surface area (Å²) in [5.41, 5.74) is 1.00. The number of amides is 1. The average molecular weight is 373 g/mol. The van der Waals surface area contributed by atoms with Crippen molar-refractivity contribution in [3.63, 3.8) is 0 Å². The Morgan fingerprint density at radius 3 is 2.41 bits per heavy atom. The molecule has 1 N–H and O–H groups in total. The highest BCUT2D eigenvalue weighted by Crippen LogP contribution is 2.39. The van der Waals surface area contributed by atoms with E-state index in [-0.39, 0.29) is 11.4 Å². The molecule has 0 saturated carbocycles. The van der Waals surface area contributed by atoms with Crippen LogP contribution in [0.3, 0.4) is 0 Å². The third-order valence-electron chi connectivity index (χ3n) is 5.19. The lowest BCUT2D eigenvalue weighted by Crippen LogP contribution is -2.35. The number of ketones is 1. The van der Waals surface area contributed by atoms with Crippen LogP contribution in [0.5, 0.6) is 5.75 Å². The molecule has 1 heterocycles. The fourth-order valence-electron chi connectivity index (χ4n) is 3.66. The fourth-order valence-corrected chi connectivity index (χ4v) is 3.66. The Morgan fingerprint density at radius 1 is 1.22 bits per heavy atom. The van der Waals surface area contributed by atoms with E-state index in [0.29, 0.717) is 19.1 Å². The van der Waals surface area contributed by atoms with Crippen molar-refractivity contribution in [2.24, 2.45) is 5.92 Å². The predicted molar refractivity (Wildman–Crippen MR) is 106 cm³/mol. The normalized spacial score (nSPS) is 18.1. The first kappa shape index (κ1) is 21.0. The number of hydrogen-bond donors (Lipinski definition) is 1. The predicted octanol–water partition coefficient (Wildman–Crippen LogP) is 4.59. The number of benzene rings is 1. The van der Waals surface area contributed by atoms with Gasteiger partial charge in [0.25, 0.3) is 5.91 Å². The molecule has 0 aromatic heterocycles. The van der Waals surface area contributed by atoms with Crippen molar-refractivity contribution in [1.29, 1.82) is 0 Å². The van der Waals surface area contributed by atoms with E-state index in [1.54, 1.807) is 4.90 Å². The third-order valence-corrected chi connectivity index (χ3v) is 5.19. The summed E-state index contributed by atoms with van der Waals surface area (Å²) in [6.07, 6.45) is 4.20. The molecule has 2 atom stereocenters. The van der Waals surface area contributed by atoms with E-state index in [2.05, 4.69) is 13.8 Å². The molecule has 1 aliphatic heterocycles. The molecule has 5 heteroatoms. The molecular weight excluding hydrogens is 342 g/mol. The van der Waals surface area contributed by atoms with Crippen LogP contribution < -0.4 is 4.74 Å². The zero-order chi connectivity index (χ0) is 20.0. The van der Waals surface area contributed by atoms with Crippen molar-refractivity contribution in [1.82, 2.24) is 4.90 Å². The lowest BCUT2D eigenvalue weighted by Gasteiger charge is -2.30. The monoisotopic (exact) mass is 373 g/mol. The number of carbonyl (C=O) groups is 2. The highest BCUT2D eigenvalue weighted by Gasteiger charge is 2.42. The molecule has 0 radical (unpaired) electrons. The number of nitrogens with zero attached hydrogens (tertiary/aromatic N) is 1. The van der Waals surface area contributed by atoms with Gasteiger partial charge >= 0.3 is 0 Å². The Hall–Kier alpha value is -2.30. The zero-order valence-electron chi connectivity index (χ0n) is 16.8. The molecule has 0 bridgehead atoms. The van der Waals surface area contributed by atoms with Crippen LogP contribution in [-0.4, -0.2) is 34.8 Å². The molecule has 1 aromatic carbocycles. The average Bonchev–Trinajstić information content (AvgIpc) is 2.90. The minimum absolute atomic E-state index is 0.189. The van der Waals surface area contributed by atoms with Crippen LogP contribution in [0.15, 0.2) is 35.6 Å². The molecule has 27 heavy (non-hydrogen) atoms. The molecular formula is C22H31NO4. The Morgan fingerprint density at radius 2 is 1.89 bits per heavy atom. The third kappa shape index (κ3) is 4.71. The minimum atomic E-state index is -0.540. The summed E-state index contributed by atoms with van der Waals surface area (Å²) in [6.45, 7) is 8.69. The van der Waals surface area contributed by atoms with Gasteiger partial charge in [-0.25, -0.2) is 0 Å². The Kier molecular flexibility index (Phi) is 7.45. The quantitative estimate of drug-likeness (QED) is 0.651. The highest BCUT2D eigenvalue weighted by molar-refractivity contribution is 6.08. The van der Waals surface area contributed by atoms with Crippen LogP contribution in [-0.2, 0) is 9.59 Å². The van der Waals surface area contributed by atoms with Crippen LogP contribution in [0.1, 0.15) is 65.0 Å². The number of rotatable bonds is 10. The highest BCUT2D eigenvalue weighted by atomic mass is 16.5.